The van der Waals surface area contributed by atoms with Crippen LogP contribution in [-0.4, -0.2) is 11.4 Å². The first-order chi connectivity index (χ1) is 6.91. The number of hydrogen-bond acceptors (Lipinski definition) is 1. The molecule has 1 unspecified atom stereocenters. The Labute approximate surface area is 93.8 Å². The van der Waals surface area contributed by atoms with Crippen molar-refractivity contribution in [1.82, 2.24) is 5.32 Å². The van der Waals surface area contributed by atoms with E-state index in [9.17, 15) is 4.79 Å². The lowest BCUT2D eigenvalue weighted by Gasteiger charge is -2.37. The molecule has 0 spiro atoms. The van der Waals surface area contributed by atoms with Gasteiger partial charge in [0.25, 0.3) is 0 Å². The maximum absolute atomic E-state index is 11.5. The first-order valence-electron chi connectivity index (χ1n) is 6.22. The number of amides is 1. The van der Waals surface area contributed by atoms with Crippen molar-refractivity contribution in [2.45, 2.75) is 71.8 Å². The summed E-state index contributed by atoms with van der Waals surface area (Å²) in [5.41, 5.74) is 0.119. The van der Waals surface area contributed by atoms with Gasteiger partial charge in [0, 0.05) is 12.0 Å². The van der Waals surface area contributed by atoms with Crippen LogP contribution in [0.4, 0.5) is 0 Å². The first kappa shape index (κ1) is 12.5. The third-order valence-corrected chi connectivity index (χ3v) is 4.09. The molecule has 15 heavy (non-hydrogen) atoms. The van der Waals surface area contributed by atoms with Gasteiger partial charge in [0.2, 0.25) is 5.91 Å². The van der Waals surface area contributed by atoms with Gasteiger partial charge in [0.1, 0.15) is 0 Å². The molecule has 1 aliphatic heterocycles. The highest BCUT2D eigenvalue weighted by Gasteiger charge is 2.48. The van der Waals surface area contributed by atoms with E-state index in [0.29, 0.717) is 6.42 Å². The Morgan fingerprint density at radius 1 is 1.20 bits per heavy atom. The second kappa shape index (κ2) is 4.54. The minimum absolute atomic E-state index is 0.0315. The van der Waals surface area contributed by atoms with Gasteiger partial charge in [0.05, 0.1) is 0 Å². The number of carbonyl (C=O) groups is 1. The third-order valence-electron chi connectivity index (χ3n) is 4.09. The average molecular weight is 211 g/mol. The summed E-state index contributed by atoms with van der Waals surface area (Å²) in [6.07, 6.45) is 7.01. The second-order valence-electron chi connectivity index (χ2n) is 5.72. The Bertz CT molecular complexity index is 235. The Balaban J connectivity index is 2.47. The standard InChI is InChI=1S/C13H25NO/c1-5-6-7-8-9-13(4)10-11(15)14-12(13,2)3/h5-10H2,1-4H3,(H,14,15). The van der Waals surface area contributed by atoms with Gasteiger partial charge >= 0.3 is 0 Å². The minimum Gasteiger partial charge on any atom is -0.351 e. The van der Waals surface area contributed by atoms with Crippen molar-refractivity contribution in [2.75, 3.05) is 0 Å². The van der Waals surface area contributed by atoms with Crippen molar-refractivity contribution >= 4 is 5.91 Å². The molecule has 1 amide bonds. The molecule has 0 aromatic heterocycles. The van der Waals surface area contributed by atoms with Gasteiger partial charge in [-0.2, -0.15) is 0 Å². The van der Waals surface area contributed by atoms with Gasteiger partial charge in [-0.25, -0.2) is 0 Å². The van der Waals surface area contributed by atoms with Crippen LogP contribution in [-0.2, 0) is 4.79 Å². The third kappa shape index (κ3) is 2.73. The minimum atomic E-state index is -0.0315. The van der Waals surface area contributed by atoms with Crippen LogP contribution in [0.25, 0.3) is 0 Å². The quantitative estimate of drug-likeness (QED) is 0.695. The van der Waals surface area contributed by atoms with Crippen LogP contribution >= 0.6 is 0 Å². The predicted octanol–water partition coefficient (Wildman–Crippen LogP) is 3.26. The Kier molecular flexibility index (Phi) is 3.80. The van der Waals surface area contributed by atoms with Crippen LogP contribution in [0.2, 0.25) is 0 Å². The molecule has 1 saturated heterocycles. The zero-order valence-corrected chi connectivity index (χ0v) is 10.7. The Hall–Kier alpha value is -0.530. The highest BCUT2D eigenvalue weighted by atomic mass is 16.2. The fourth-order valence-electron chi connectivity index (χ4n) is 2.46. The lowest BCUT2D eigenvalue weighted by atomic mass is 9.70. The number of hydrogen-bond donors (Lipinski definition) is 1. The summed E-state index contributed by atoms with van der Waals surface area (Å²) in [5, 5.41) is 3.09. The van der Waals surface area contributed by atoms with E-state index >= 15 is 0 Å². The van der Waals surface area contributed by atoms with Crippen molar-refractivity contribution in [3.05, 3.63) is 0 Å². The summed E-state index contributed by atoms with van der Waals surface area (Å²) in [4.78, 5) is 11.5. The number of nitrogens with one attached hydrogen (secondary N) is 1. The van der Waals surface area contributed by atoms with E-state index in [-0.39, 0.29) is 16.9 Å². The normalized spacial score (nSPS) is 29.2. The zero-order valence-electron chi connectivity index (χ0n) is 10.7. The van der Waals surface area contributed by atoms with Crippen LogP contribution in [0.3, 0.4) is 0 Å². The van der Waals surface area contributed by atoms with Crippen molar-refractivity contribution in [1.29, 1.82) is 0 Å². The highest BCUT2D eigenvalue weighted by molar-refractivity contribution is 5.80. The summed E-state index contributed by atoms with van der Waals surface area (Å²) in [6.45, 7) is 8.78. The lowest BCUT2D eigenvalue weighted by molar-refractivity contribution is -0.119. The molecule has 1 rings (SSSR count). The molecule has 0 radical (unpaired) electrons. The van der Waals surface area contributed by atoms with Gasteiger partial charge < -0.3 is 5.32 Å². The van der Waals surface area contributed by atoms with Gasteiger partial charge in [-0.05, 0) is 25.7 Å². The molecule has 1 aliphatic rings. The molecule has 1 fully saturated rings. The van der Waals surface area contributed by atoms with Crippen LogP contribution < -0.4 is 5.32 Å². The SMILES string of the molecule is CCCCCCC1(C)CC(=O)NC1(C)C. The summed E-state index contributed by atoms with van der Waals surface area (Å²) >= 11 is 0. The summed E-state index contributed by atoms with van der Waals surface area (Å²) < 4.78 is 0. The fourth-order valence-corrected chi connectivity index (χ4v) is 2.46. The molecule has 0 saturated carbocycles. The molecule has 0 bridgehead atoms. The summed E-state index contributed by atoms with van der Waals surface area (Å²) in [5.74, 6) is 0.220. The van der Waals surface area contributed by atoms with Crippen molar-refractivity contribution in [3.63, 3.8) is 0 Å². The molecule has 88 valence electrons. The maximum atomic E-state index is 11.5. The van der Waals surface area contributed by atoms with Gasteiger partial charge in [0.15, 0.2) is 0 Å². The number of rotatable bonds is 5. The second-order valence-corrected chi connectivity index (χ2v) is 5.72. The predicted molar refractivity (Wildman–Crippen MR) is 63.7 cm³/mol. The monoisotopic (exact) mass is 211 g/mol. The first-order valence-corrected chi connectivity index (χ1v) is 6.22. The van der Waals surface area contributed by atoms with Crippen LogP contribution in [0.15, 0.2) is 0 Å². The topological polar surface area (TPSA) is 29.1 Å². The van der Waals surface area contributed by atoms with Crippen LogP contribution in [0.1, 0.15) is 66.2 Å². The van der Waals surface area contributed by atoms with Gasteiger partial charge in [-0.3, -0.25) is 4.79 Å². The molecule has 1 N–H and O–H groups in total. The van der Waals surface area contributed by atoms with E-state index in [1.165, 1.54) is 32.1 Å². The lowest BCUT2D eigenvalue weighted by Crippen LogP contribution is -2.45. The van der Waals surface area contributed by atoms with Gasteiger partial charge in [-0.15, -0.1) is 0 Å². The molecular formula is C13H25NO. The van der Waals surface area contributed by atoms with Crippen LogP contribution in [0.5, 0.6) is 0 Å². The maximum Gasteiger partial charge on any atom is 0.221 e. The van der Waals surface area contributed by atoms with Gasteiger partial charge in [-0.1, -0.05) is 39.5 Å². The van der Waals surface area contributed by atoms with E-state index in [2.05, 4.69) is 33.0 Å². The molecular weight excluding hydrogens is 186 g/mol. The van der Waals surface area contributed by atoms with Crippen LogP contribution in [0, 0.1) is 5.41 Å². The molecule has 1 heterocycles. The molecule has 0 aromatic carbocycles. The summed E-state index contributed by atoms with van der Waals surface area (Å²) in [7, 11) is 0. The fraction of sp³-hybridized carbons (Fsp3) is 0.923. The molecule has 2 nitrogen and oxygen atoms in total. The largest absolute Gasteiger partial charge is 0.351 e. The van der Waals surface area contributed by atoms with E-state index < -0.39 is 0 Å². The smallest absolute Gasteiger partial charge is 0.221 e. The number of carbonyl (C=O) groups excluding carboxylic acids is 1. The molecule has 0 aliphatic carbocycles. The summed E-state index contributed by atoms with van der Waals surface area (Å²) in [6, 6.07) is 0. The number of unbranched alkanes of at least 4 members (excludes halogenated alkanes) is 3. The molecule has 2 heteroatoms. The Morgan fingerprint density at radius 3 is 2.33 bits per heavy atom. The molecule has 0 aromatic rings. The van der Waals surface area contributed by atoms with Crippen molar-refractivity contribution in [2.24, 2.45) is 5.41 Å². The molecule has 1 atom stereocenters. The zero-order chi connectivity index (χ0) is 11.5. The van der Waals surface area contributed by atoms with Crippen molar-refractivity contribution < 1.29 is 4.79 Å². The van der Waals surface area contributed by atoms with E-state index in [0.717, 1.165) is 0 Å². The van der Waals surface area contributed by atoms with Crippen molar-refractivity contribution in [3.8, 4) is 0 Å². The highest BCUT2D eigenvalue weighted by Crippen LogP contribution is 2.43. The van der Waals surface area contributed by atoms with E-state index in [4.69, 9.17) is 0 Å². The van der Waals surface area contributed by atoms with E-state index in [1.807, 2.05) is 0 Å². The Morgan fingerprint density at radius 2 is 1.87 bits per heavy atom. The van der Waals surface area contributed by atoms with E-state index in [1.54, 1.807) is 0 Å². The average Bonchev–Trinajstić information content (AvgIpc) is 2.30.